The molecule has 2 aliphatic rings. The van der Waals surface area contributed by atoms with Gasteiger partial charge in [-0.25, -0.2) is 4.98 Å². The van der Waals surface area contributed by atoms with Crippen molar-refractivity contribution in [2.24, 2.45) is 0 Å². The molecule has 2 heterocycles. The zero-order chi connectivity index (χ0) is 14.4. The SMILES string of the molecule is Nc1nc(NC2CC2)c2ncn(C3CC=C(CO)C3)c2n1. The fraction of sp³-hybridized carbons (Fsp3) is 0.500. The Bertz CT molecular complexity index is 718. The third-order valence-electron chi connectivity index (χ3n) is 4.13. The summed E-state index contributed by atoms with van der Waals surface area (Å²) in [6.07, 6.45) is 7.94. The van der Waals surface area contributed by atoms with Crippen LogP contribution < -0.4 is 11.1 Å². The Morgan fingerprint density at radius 3 is 2.95 bits per heavy atom. The van der Waals surface area contributed by atoms with E-state index in [9.17, 15) is 5.11 Å². The zero-order valence-electron chi connectivity index (χ0n) is 11.7. The highest BCUT2D eigenvalue weighted by Gasteiger charge is 2.25. The van der Waals surface area contributed by atoms with Crippen molar-refractivity contribution in [2.45, 2.75) is 37.8 Å². The summed E-state index contributed by atoms with van der Waals surface area (Å²) >= 11 is 0. The Kier molecular flexibility index (Phi) is 2.81. The Hall–Kier alpha value is -2.15. The highest BCUT2D eigenvalue weighted by atomic mass is 16.3. The molecule has 4 rings (SSSR count). The van der Waals surface area contributed by atoms with Crippen LogP contribution in [0.5, 0.6) is 0 Å². The number of rotatable bonds is 4. The molecule has 0 amide bonds. The Labute approximate surface area is 121 Å². The van der Waals surface area contributed by atoms with Gasteiger partial charge in [0.1, 0.15) is 0 Å². The van der Waals surface area contributed by atoms with Crippen LogP contribution in [0.1, 0.15) is 31.7 Å². The minimum atomic E-state index is 0.120. The van der Waals surface area contributed by atoms with Gasteiger partial charge in [0.05, 0.1) is 12.9 Å². The number of aliphatic hydroxyl groups excluding tert-OH is 1. The number of allylic oxidation sites excluding steroid dienone is 1. The maximum absolute atomic E-state index is 9.24. The molecule has 21 heavy (non-hydrogen) atoms. The van der Waals surface area contributed by atoms with Gasteiger partial charge in [0.25, 0.3) is 0 Å². The first-order chi connectivity index (χ1) is 10.2. The number of anilines is 2. The number of hydrogen-bond donors (Lipinski definition) is 3. The molecule has 0 aromatic carbocycles. The van der Waals surface area contributed by atoms with Crippen molar-refractivity contribution in [3.8, 4) is 0 Å². The standard InChI is InChI=1S/C14H18N6O/c15-14-18-12(17-9-2-3-9)11-13(19-14)20(7-16-11)10-4-1-8(5-10)6-21/h1,7,9-10,21H,2-6H2,(H3,15,17,18,19). The van der Waals surface area contributed by atoms with E-state index in [1.54, 1.807) is 6.33 Å². The quantitative estimate of drug-likeness (QED) is 0.731. The molecule has 7 heteroatoms. The van der Waals surface area contributed by atoms with Gasteiger partial charge in [-0.3, -0.25) is 0 Å². The summed E-state index contributed by atoms with van der Waals surface area (Å²) in [6, 6.07) is 0.738. The van der Waals surface area contributed by atoms with Gasteiger partial charge in [0.2, 0.25) is 5.95 Å². The monoisotopic (exact) mass is 286 g/mol. The maximum Gasteiger partial charge on any atom is 0.224 e. The molecule has 1 fully saturated rings. The maximum atomic E-state index is 9.24. The predicted octanol–water partition coefficient (Wildman–Crippen LogP) is 1.24. The first-order valence-electron chi connectivity index (χ1n) is 7.30. The number of nitrogens with zero attached hydrogens (tertiary/aromatic N) is 4. The van der Waals surface area contributed by atoms with Crippen LogP contribution >= 0.6 is 0 Å². The fourth-order valence-electron chi connectivity index (χ4n) is 2.84. The molecule has 4 N–H and O–H groups in total. The number of aromatic nitrogens is 4. The number of nitrogens with one attached hydrogen (secondary N) is 1. The van der Waals surface area contributed by atoms with Crippen molar-refractivity contribution in [3.63, 3.8) is 0 Å². The van der Waals surface area contributed by atoms with E-state index in [-0.39, 0.29) is 18.6 Å². The number of nitrogens with two attached hydrogens (primary N) is 1. The largest absolute Gasteiger partial charge is 0.392 e. The lowest BCUT2D eigenvalue weighted by Gasteiger charge is -2.13. The molecule has 0 saturated heterocycles. The van der Waals surface area contributed by atoms with Gasteiger partial charge in [-0.1, -0.05) is 6.08 Å². The van der Waals surface area contributed by atoms with E-state index in [2.05, 4.69) is 26.3 Å². The van der Waals surface area contributed by atoms with Gasteiger partial charge < -0.3 is 20.7 Å². The Morgan fingerprint density at radius 2 is 2.24 bits per heavy atom. The molecule has 2 aromatic rings. The van der Waals surface area contributed by atoms with Gasteiger partial charge in [-0.15, -0.1) is 0 Å². The first kappa shape index (κ1) is 12.6. The van der Waals surface area contributed by atoms with Crippen molar-refractivity contribution in [3.05, 3.63) is 18.0 Å². The summed E-state index contributed by atoms with van der Waals surface area (Å²) < 4.78 is 2.05. The molecule has 0 aliphatic heterocycles. The lowest BCUT2D eigenvalue weighted by molar-refractivity contribution is 0.325. The first-order valence-corrected chi connectivity index (χ1v) is 7.30. The normalized spacial score (nSPS) is 21.8. The lowest BCUT2D eigenvalue weighted by Crippen LogP contribution is -2.09. The van der Waals surface area contributed by atoms with Crippen molar-refractivity contribution < 1.29 is 5.11 Å². The molecule has 1 atom stereocenters. The molecule has 2 aromatic heterocycles. The van der Waals surface area contributed by atoms with Crippen molar-refractivity contribution in [2.75, 3.05) is 17.7 Å². The highest BCUT2D eigenvalue weighted by molar-refractivity contribution is 5.84. The van der Waals surface area contributed by atoms with Crippen LogP contribution in [0.2, 0.25) is 0 Å². The van der Waals surface area contributed by atoms with Gasteiger partial charge in [-0.2, -0.15) is 9.97 Å². The van der Waals surface area contributed by atoms with Crippen LogP contribution in [0.4, 0.5) is 11.8 Å². The van der Waals surface area contributed by atoms with Gasteiger partial charge in [0.15, 0.2) is 17.0 Å². The summed E-state index contributed by atoms with van der Waals surface area (Å²) in [5.41, 5.74) is 8.45. The minimum Gasteiger partial charge on any atom is -0.392 e. The molecule has 1 saturated carbocycles. The second kappa shape index (κ2) is 4.70. The van der Waals surface area contributed by atoms with E-state index in [0.717, 1.165) is 35.4 Å². The summed E-state index contributed by atoms with van der Waals surface area (Å²) in [4.78, 5) is 13.1. The van der Waals surface area contributed by atoms with Crippen molar-refractivity contribution in [1.29, 1.82) is 0 Å². The van der Waals surface area contributed by atoms with Gasteiger partial charge in [0, 0.05) is 12.1 Å². The Balaban J connectivity index is 1.72. The van der Waals surface area contributed by atoms with E-state index >= 15 is 0 Å². The molecule has 110 valence electrons. The molecule has 0 spiro atoms. The smallest absolute Gasteiger partial charge is 0.224 e. The molecule has 2 aliphatic carbocycles. The summed E-state index contributed by atoms with van der Waals surface area (Å²) in [7, 11) is 0. The third kappa shape index (κ3) is 2.23. The molecule has 7 nitrogen and oxygen atoms in total. The van der Waals surface area contributed by atoms with E-state index in [0.29, 0.717) is 6.04 Å². The third-order valence-corrected chi connectivity index (χ3v) is 4.13. The minimum absolute atomic E-state index is 0.120. The van der Waals surface area contributed by atoms with Crippen LogP contribution in [0.15, 0.2) is 18.0 Å². The lowest BCUT2D eigenvalue weighted by atomic mass is 10.2. The number of hydrogen-bond acceptors (Lipinski definition) is 6. The average molecular weight is 286 g/mol. The zero-order valence-corrected chi connectivity index (χ0v) is 11.7. The number of nitrogen functional groups attached to an aromatic ring is 1. The molecule has 0 bridgehead atoms. The fourth-order valence-corrected chi connectivity index (χ4v) is 2.84. The summed E-state index contributed by atoms with van der Waals surface area (Å²) in [5.74, 6) is 0.993. The molecule has 0 radical (unpaired) electrons. The second-order valence-electron chi connectivity index (χ2n) is 5.79. The van der Waals surface area contributed by atoms with Gasteiger partial charge in [-0.05, 0) is 31.3 Å². The molecular weight excluding hydrogens is 268 g/mol. The number of aliphatic hydroxyl groups is 1. The Morgan fingerprint density at radius 1 is 1.38 bits per heavy atom. The predicted molar refractivity (Wildman–Crippen MR) is 79.8 cm³/mol. The van der Waals surface area contributed by atoms with E-state index in [1.807, 2.05) is 4.57 Å². The second-order valence-corrected chi connectivity index (χ2v) is 5.79. The van der Waals surface area contributed by atoms with Crippen LogP contribution in [-0.4, -0.2) is 37.3 Å². The van der Waals surface area contributed by atoms with E-state index < -0.39 is 0 Å². The number of fused-ring (bicyclic) bond motifs is 1. The topological polar surface area (TPSA) is 102 Å². The van der Waals surface area contributed by atoms with E-state index in [1.165, 1.54) is 12.8 Å². The molecular formula is C14H18N6O. The van der Waals surface area contributed by atoms with Crippen LogP contribution in [0.25, 0.3) is 11.2 Å². The summed E-state index contributed by atoms with van der Waals surface area (Å²) in [6.45, 7) is 0.120. The average Bonchev–Trinajstić information content (AvgIpc) is 3.01. The van der Waals surface area contributed by atoms with Gasteiger partial charge >= 0.3 is 0 Å². The highest BCUT2D eigenvalue weighted by Crippen LogP contribution is 2.33. The molecule has 1 unspecified atom stereocenters. The van der Waals surface area contributed by atoms with Crippen LogP contribution in [0, 0.1) is 0 Å². The van der Waals surface area contributed by atoms with Crippen molar-refractivity contribution in [1.82, 2.24) is 19.5 Å². The van der Waals surface area contributed by atoms with Crippen molar-refractivity contribution >= 4 is 22.9 Å². The van der Waals surface area contributed by atoms with Crippen LogP contribution in [0.3, 0.4) is 0 Å². The number of imidazole rings is 1. The van der Waals surface area contributed by atoms with Crippen LogP contribution in [-0.2, 0) is 0 Å². The van der Waals surface area contributed by atoms with E-state index in [4.69, 9.17) is 5.73 Å². The summed E-state index contributed by atoms with van der Waals surface area (Å²) in [5, 5.41) is 12.6.